The van der Waals surface area contributed by atoms with Gasteiger partial charge in [-0.2, -0.15) is 0 Å². The number of carbonyl (C=O) groups excluding carboxylic acids is 1. The molecule has 0 spiro atoms. The second kappa shape index (κ2) is 7.71. The van der Waals surface area contributed by atoms with Crippen molar-refractivity contribution in [3.05, 3.63) is 83.9 Å². The summed E-state index contributed by atoms with van der Waals surface area (Å²) < 4.78 is 0. The quantitative estimate of drug-likeness (QED) is 0.718. The van der Waals surface area contributed by atoms with Gasteiger partial charge in [-0.1, -0.05) is 60.7 Å². The normalized spacial score (nSPS) is 15.3. The molecule has 0 N–H and O–H groups in total. The van der Waals surface area contributed by atoms with Crippen molar-refractivity contribution >= 4 is 16.7 Å². The second-order valence-electron chi connectivity index (χ2n) is 6.89. The van der Waals surface area contributed by atoms with Gasteiger partial charge in [-0.3, -0.25) is 9.69 Å². The van der Waals surface area contributed by atoms with Gasteiger partial charge >= 0.3 is 0 Å². The average Bonchev–Trinajstić information content (AvgIpc) is 2.73. The first-order valence-electron chi connectivity index (χ1n) is 9.34. The number of rotatable bonds is 4. The molecule has 4 rings (SSSR count). The zero-order valence-electron chi connectivity index (χ0n) is 15.0. The first kappa shape index (κ1) is 16.8. The average molecular weight is 344 g/mol. The van der Waals surface area contributed by atoms with Crippen LogP contribution in [0.25, 0.3) is 10.8 Å². The summed E-state index contributed by atoms with van der Waals surface area (Å²) >= 11 is 0. The Bertz CT molecular complexity index is 878. The lowest BCUT2D eigenvalue weighted by atomic mass is 10.0. The number of hydrogen-bond acceptors (Lipinski definition) is 2. The summed E-state index contributed by atoms with van der Waals surface area (Å²) in [6.07, 6.45) is 1.05. The van der Waals surface area contributed by atoms with E-state index in [1.807, 2.05) is 35.2 Å². The number of benzene rings is 3. The molecule has 1 aliphatic rings. The number of nitrogens with zero attached hydrogens (tertiary/aromatic N) is 2. The third kappa shape index (κ3) is 3.63. The van der Waals surface area contributed by atoms with Crippen LogP contribution in [0, 0.1) is 0 Å². The Labute approximate surface area is 154 Å². The summed E-state index contributed by atoms with van der Waals surface area (Å²) in [7, 11) is 0. The van der Waals surface area contributed by atoms with Gasteiger partial charge in [0, 0.05) is 38.3 Å². The van der Waals surface area contributed by atoms with Crippen LogP contribution in [-0.2, 0) is 6.42 Å². The number of amides is 1. The summed E-state index contributed by atoms with van der Waals surface area (Å²) in [6.45, 7) is 4.56. The highest BCUT2D eigenvalue weighted by molar-refractivity contribution is 5.94. The maximum Gasteiger partial charge on any atom is 0.253 e. The van der Waals surface area contributed by atoms with E-state index in [4.69, 9.17) is 0 Å². The fourth-order valence-electron chi connectivity index (χ4n) is 3.73. The molecule has 1 aliphatic heterocycles. The molecule has 0 saturated carbocycles. The molecule has 0 unspecified atom stereocenters. The van der Waals surface area contributed by atoms with Crippen molar-refractivity contribution in [3.8, 4) is 0 Å². The highest BCUT2D eigenvalue weighted by Crippen LogP contribution is 2.19. The van der Waals surface area contributed by atoms with Gasteiger partial charge in [0.2, 0.25) is 0 Å². The van der Waals surface area contributed by atoms with E-state index < -0.39 is 0 Å². The van der Waals surface area contributed by atoms with E-state index in [0.717, 1.165) is 44.7 Å². The van der Waals surface area contributed by atoms with Crippen LogP contribution in [0.4, 0.5) is 0 Å². The van der Waals surface area contributed by atoms with Crippen LogP contribution in [-0.4, -0.2) is 48.4 Å². The SMILES string of the molecule is O=C(c1ccccc1)N1CCN(CCc2cccc3ccccc23)CC1. The van der Waals surface area contributed by atoms with Crippen molar-refractivity contribution < 1.29 is 4.79 Å². The van der Waals surface area contributed by atoms with E-state index in [1.165, 1.54) is 16.3 Å². The Balaban J connectivity index is 1.33. The van der Waals surface area contributed by atoms with Gasteiger partial charge in [-0.05, 0) is 34.9 Å². The van der Waals surface area contributed by atoms with Crippen LogP contribution in [0.3, 0.4) is 0 Å². The Morgan fingerprint density at radius 1 is 0.769 bits per heavy atom. The molecule has 3 aromatic rings. The van der Waals surface area contributed by atoms with E-state index >= 15 is 0 Å². The van der Waals surface area contributed by atoms with Gasteiger partial charge in [-0.15, -0.1) is 0 Å². The molecule has 0 aliphatic carbocycles. The predicted molar refractivity (Wildman–Crippen MR) is 106 cm³/mol. The van der Waals surface area contributed by atoms with Crippen LogP contribution in [0.2, 0.25) is 0 Å². The van der Waals surface area contributed by atoms with E-state index in [-0.39, 0.29) is 5.91 Å². The minimum Gasteiger partial charge on any atom is -0.336 e. The van der Waals surface area contributed by atoms with Crippen LogP contribution in [0.15, 0.2) is 72.8 Å². The maximum atomic E-state index is 12.5. The second-order valence-corrected chi connectivity index (χ2v) is 6.89. The maximum absolute atomic E-state index is 12.5. The van der Waals surface area contributed by atoms with Crippen molar-refractivity contribution in [3.63, 3.8) is 0 Å². The molecule has 1 fully saturated rings. The molecule has 0 radical (unpaired) electrons. The Morgan fingerprint density at radius 2 is 1.46 bits per heavy atom. The van der Waals surface area contributed by atoms with Gasteiger partial charge in [0.05, 0.1) is 0 Å². The van der Waals surface area contributed by atoms with Gasteiger partial charge in [-0.25, -0.2) is 0 Å². The van der Waals surface area contributed by atoms with E-state index in [0.29, 0.717) is 0 Å². The number of fused-ring (bicyclic) bond motifs is 1. The molecule has 26 heavy (non-hydrogen) atoms. The van der Waals surface area contributed by atoms with Gasteiger partial charge in [0.15, 0.2) is 0 Å². The zero-order chi connectivity index (χ0) is 17.8. The monoisotopic (exact) mass is 344 g/mol. The van der Waals surface area contributed by atoms with Crippen molar-refractivity contribution in [2.75, 3.05) is 32.7 Å². The lowest BCUT2D eigenvalue weighted by Gasteiger charge is -2.34. The fourth-order valence-corrected chi connectivity index (χ4v) is 3.73. The Kier molecular flexibility index (Phi) is 4.98. The molecule has 3 heteroatoms. The summed E-state index contributed by atoms with van der Waals surface area (Å²) in [5.74, 6) is 0.152. The molecule has 0 bridgehead atoms. The van der Waals surface area contributed by atoms with Gasteiger partial charge in [0.1, 0.15) is 0 Å². The molecular formula is C23H24N2O. The van der Waals surface area contributed by atoms with E-state index in [9.17, 15) is 4.79 Å². The molecule has 1 saturated heterocycles. The zero-order valence-corrected chi connectivity index (χ0v) is 15.0. The van der Waals surface area contributed by atoms with Crippen molar-refractivity contribution in [2.24, 2.45) is 0 Å². The summed E-state index contributed by atoms with van der Waals surface area (Å²) in [5, 5.41) is 2.66. The predicted octanol–water partition coefficient (Wildman–Crippen LogP) is 3.84. The molecule has 3 aromatic carbocycles. The number of carbonyl (C=O) groups is 1. The van der Waals surface area contributed by atoms with Crippen LogP contribution in [0.5, 0.6) is 0 Å². The highest BCUT2D eigenvalue weighted by atomic mass is 16.2. The topological polar surface area (TPSA) is 23.6 Å². The summed E-state index contributed by atoms with van der Waals surface area (Å²) in [6, 6.07) is 24.7. The van der Waals surface area contributed by atoms with E-state index in [2.05, 4.69) is 47.4 Å². The lowest BCUT2D eigenvalue weighted by molar-refractivity contribution is 0.0638. The molecule has 0 aromatic heterocycles. The minimum atomic E-state index is 0.152. The number of piperazine rings is 1. The Morgan fingerprint density at radius 3 is 2.27 bits per heavy atom. The van der Waals surface area contributed by atoms with Gasteiger partial charge in [0.25, 0.3) is 5.91 Å². The number of hydrogen-bond donors (Lipinski definition) is 0. The summed E-state index contributed by atoms with van der Waals surface area (Å²) in [5.41, 5.74) is 2.20. The molecule has 0 atom stereocenters. The molecular weight excluding hydrogens is 320 g/mol. The third-order valence-electron chi connectivity index (χ3n) is 5.26. The van der Waals surface area contributed by atoms with Crippen molar-refractivity contribution in [1.82, 2.24) is 9.80 Å². The molecule has 3 nitrogen and oxygen atoms in total. The first-order valence-corrected chi connectivity index (χ1v) is 9.34. The van der Waals surface area contributed by atoms with E-state index in [1.54, 1.807) is 0 Å². The molecule has 132 valence electrons. The largest absolute Gasteiger partial charge is 0.336 e. The third-order valence-corrected chi connectivity index (χ3v) is 5.26. The Hall–Kier alpha value is -2.65. The fraction of sp³-hybridized carbons (Fsp3) is 0.261. The highest BCUT2D eigenvalue weighted by Gasteiger charge is 2.21. The van der Waals surface area contributed by atoms with Crippen molar-refractivity contribution in [1.29, 1.82) is 0 Å². The standard InChI is InChI=1S/C23H24N2O/c26-23(21-8-2-1-3-9-21)25-17-15-24(16-18-25)14-13-20-11-6-10-19-7-4-5-12-22(19)20/h1-12H,13-18H2. The summed E-state index contributed by atoms with van der Waals surface area (Å²) in [4.78, 5) is 17.0. The first-order chi connectivity index (χ1) is 12.8. The van der Waals surface area contributed by atoms with Crippen LogP contribution < -0.4 is 0 Å². The van der Waals surface area contributed by atoms with Crippen LogP contribution >= 0.6 is 0 Å². The van der Waals surface area contributed by atoms with Crippen LogP contribution in [0.1, 0.15) is 15.9 Å². The van der Waals surface area contributed by atoms with Crippen molar-refractivity contribution in [2.45, 2.75) is 6.42 Å². The molecule has 1 heterocycles. The lowest BCUT2D eigenvalue weighted by Crippen LogP contribution is -2.49. The smallest absolute Gasteiger partial charge is 0.253 e. The molecule has 1 amide bonds. The minimum absolute atomic E-state index is 0.152. The van der Waals surface area contributed by atoms with Gasteiger partial charge < -0.3 is 4.90 Å².